The van der Waals surface area contributed by atoms with E-state index in [4.69, 9.17) is 4.74 Å². The Labute approximate surface area is 132 Å². The van der Waals surface area contributed by atoms with E-state index in [9.17, 15) is 0 Å². The molecule has 1 spiro atoms. The second-order valence-electron chi connectivity index (χ2n) is 7.44. The molecule has 0 bridgehead atoms. The summed E-state index contributed by atoms with van der Waals surface area (Å²) >= 11 is 0. The van der Waals surface area contributed by atoms with Crippen LogP contribution in [-0.4, -0.2) is 25.3 Å². The first-order valence-electron chi connectivity index (χ1n) is 9.61. The van der Waals surface area contributed by atoms with E-state index in [1.807, 2.05) is 0 Å². The van der Waals surface area contributed by atoms with E-state index in [-0.39, 0.29) is 5.60 Å². The third kappa shape index (κ3) is 5.25. The van der Waals surface area contributed by atoms with Crippen LogP contribution in [0, 0.1) is 5.92 Å². The standard InChI is InChI=1S/C19H37NO/c1-3-4-5-6-7-8-11-18(20-2)17-12-15-21-19(16-17)13-9-10-14-19/h17-18,20H,3-16H2,1-2H3. The fraction of sp³-hybridized carbons (Fsp3) is 1.00. The van der Waals surface area contributed by atoms with Crippen LogP contribution in [0.2, 0.25) is 0 Å². The fourth-order valence-corrected chi connectivity index (χ4v) is 4.54. The lowest BCUT2D eigenvalue weighted by molar-refractivity contribution is -0.0980. The highest BCUT2D eigenvalue weighted by atomic mass is 16.5. The highest BCUT2D eigenvalue weighted by molar-refractivity contribution is 4.94. The predicted octanol–water partition coefficient (Wildman–Crippen LogP) is 5.06. The van der Waals surface area contributed by atoms with Gasteiger partial charge in [-0.25, -0.2) is 0 Å². The molecule has 2 unspecified atom stereocenters. The Morgan fingerprint density at radius 2 is 1.81 bits per heavy atom. The van der Waals surface area contributed by atoms with Crippen LogP contribution in [0.1, 0.15) is 90.4 Å². The molecule has 0 amide bonds. The number of rotatable bonds is 9. The highest BCUT2D eigenvalue weighted by Crippen LogP contribution is 2.43. The molecule has 2 fully saturated rings. The molecule has 2 atom stereocenters. The Balaban J connectivity index is 1.70. The SMILES string of the molecule is CCCCCCCCC(NC)C1CCOC2(CCCC2)C1. The lowest BCUT2D eigenvalue weighted by Gasteiger charge is -2.41. The zero-order chi connectivity index (χ0) is 15.0. The van der Waals surface area contributed by atoms with Gasteiger partial charge in [-0.05, 0) is 45.1 Å². The number of hydrogen-bond acceptors (Lipinski definition) is 2. The average molecular weight is 296 g/mol. The molecule has 1 aliphatic heterocycles. The molecule has 1 aliphatic carbocycles. The van der Waals surface area contributed by atoms with Gasteiger partial charge in [0.2, 0.25) is 0 Å². The number of nitrogens with one attached hydrogen (secondary N) is 1. The first kappa shape index (κ1) is 17.3. The third-order valence-corrected chi connectivity index (χ3v) is 5.85. The molecule has 1 N–H and O–H groups in total. The molecule has 0 aromatic heterocycles. The minimum absolute atomic E-state index is 0.277. The topological polar surface area (TPSA) is 21.3 Å². The molecule has 1 saturated carbocycles. The maximum atomic E-state index is 6.19. The van der Waals surface area contributed by atoms with Crippen LogP contribution in [0.15, 0.2) is 0 Å². The maximum Gasteiger partial charge on any atom is 0.0685 e. The van der Waals surface area contributed by atoms with Gasteiger partial charge in [-0.3, -0.25) is 0 Å². The van der Waals surface area contributed by atoms with E-state index in [1.165, 1.54) is 83.5 Å². The molecular weight excluding hydrogens is 258 g/mol. The highest BCUT2D eigenvalue weighted by Gasteiger charge is 2.41. The van der Waals surface area contributed by atoms with E-state index in [0.29, 0.717) is 0 Å². The van der Waals surface area contributed by atoms with E-state index in [1.54, 1.807) is 0 Å². The van der Waals surface area contributed by atoms with Crippen molar-refractivity contribution < 1.29 is 4.74 Å². The summed E-state index contributed by atoms with van der Waals surface area (Å²) in [5.74, 6) is 0.845. The van der Waals surface area contributed by atoms with Gasteiger partial charge in [-0.1, -0.05) is 58.3 Å². The zero-order valence-corrected chi connectivity index (χ0v) is 14.5. The van der Waals surface area contributed by atoms with Crippen molar-refractivity contribution in [2.45, 2.75) is 102 Å². The smallest absolute Gasteiger partial charge is 0.0685 e. The van der Waals surface area contributed by atoms with E-state index in [0.717, 1.165) is 18.6 Å². The summed E-state index contributed by atoms with van der Waals surface area (Å²) in [5, 5.41) is 3.62. The molecule has 2 rings (SSSR count). The predicted molar refractivity (Wildman–Crippen MR) is 90.7 cm³/mol. The summed E-state index contributed by atoms with van der Waals surface area (Å²) in [7, 11) is 2.17. The molecule has 0 aromatic carbocycles. The van der Waals surface area contributed by atoms with Crippen molar-refractivity contribution in [3.8, 4) is 0 Å². The Kier molecular flexibility index (Phi) is 7.53. The van der Waals surface area contributed by atoms with Crippen molar-refractivity contribution in [2.75, 3.05) is 13.7 Å². The normalized spacial score (nSPS) is 26.3. The van der Waals surface area contributed by atoms with E-state index >= 15 is 0 Å². The van der Waals surface area contributed by atoms with Crippen LogP contribution in [0.4, 0.5) is 0 Å². The van der Waals surface area contributed by atoms with Crippen LogP contribution in [-0.2, 0) is 4.74 Å². The van der Waals surface area contributed by atoms with Gasteiger partial charge in [0.1, 0.15) is 0 Å². The molecule has 2 nitrogen and oxygen atoms in total. The van der Waals surface area contributed by atoms with Crippen molar-refractivity contribution >= 4 is 0 Å². The van der Waals surface area contributed by atoms with Crippen LogP contribution >= 0.6 is 0 Å². The number of unbranched alkanes of at least 4 members (excludes halogenated alkanes) is 5. The van der Waals surface area contributed by atoms with Crippen molar-refractivity contribution in [1.82, 2.24) is 5.32 Å². The summed E-state index contributed by atoms with van der Waals surface area (Å²) in [6.07, 6.45) is 17.8. The van der Waals surface area contributed by atoms with Gasteiger partial charge in [0.05, 0.1) is 5.60 Å². The van der Waals surface area contributed by atoms with E-state index < -0.39 is 0 Å². The second-order valence-corrected chi connectivity index (χ2v) is 7.44. The van der Waals surface area contributed by atoms with Crippen LogP contribution in [0.25, 0.3) is 0 Å². The second kappa shape index (κ2) is 9.15. The molecule has 1 heterocycles. The van der Waals surface area contributed by atoms with Crippen molar-refractivity contribution in [1.29, 1.82) is 0 Å². The Morgan fingerprint density at radius 1 is 1.10 bits per heavy atom. The first-order chi connectivity index (χ1) is 10.3. The van der Waals surface area contributed by atoms with Gasteiger partial charge in [0.15, 0.2) is 0 Å². The van der Waals surface area contributed by atoms with Crippen LogP contribution < -0.4 is 5.32 Å². The molecular formula is C19H37NO. The van der Waals surface area contributed by atoms with Gasteiger partial charge in [-0.2, -0.15) is 0 Å². The van der Waals surface area contributed by atoms with Gasteiger partial charge in [0.25, 0.3) is 0 Å². The molecule has 124 valence electrons. The van der Waals surface area contributed by atoms with Crippen LogP contribution in [0.5, 0.6) is 0 Å². The van der Waals surface area contributed by atoms with Gasteiger partial charge >= 0.3 is 0 Å². The minimum atomic E-state index is 0.277. The summed E-state index contributed by atoms with van der Waals surface area (Å²) in [5.41, 5.74) is 0.277. The number of hydrogen-bond donors (Lipinski definition) is 1. The van der Waals surface area contributed by atoms with E-state index in [2.05, 4.69) is 19.3 Å². The Morgan fingerprint density at radius 3 is 2.52 bits per heavy atom. The summed E-state index contributed by atoms with van der Waals surface area (Å²) < 4.78 is 6.19. The molecule has 2 aliphatic rings. The Bertz CT molecular complexity index is 273. The van der Waals surface area contributed by atoms with Crippen molar-refractivity contribution in [3.05, 3.63) is 0 Å². The monoisotopic (exact) mass is 295 g/mol. The molecule has 0 radical (unpaired) electrons. The third-order valence-electron chi connectivity index (χ3n) is 5.85. The van der Waals surface area contributed by atoms with Gasteiger partial charge < -0.3 is 10.1 Å². The first-order valence-corrected chi connectivity index (χ1v) is 9.61. The molecule has 0 aromatic rings. The van der Waals surface area contributed by atoms with Crippen molar-refractivity contribution in [3.63, 3.8) is 0 Å². The van der Waals surface area contributed by atoms with Gasteiger partial charge in [-0.15, -0.1) is 0 Å². The Hall–Kier alpha value is -0.0800. The van der Waals surface area contributed by atoms with Crippen molar-refractivity contribution in [2.24, 2.45) is 5.92 Å². The lowest BCUT2D eigenvalue weighted by Crippen LogP contribution is -2.44. The lowest BCUT2D eigenvalue weighted by atomic mass is 9.79. The zero-order valence-electron chi connectivity index (χ0n) is 14.5. The van der Waals surface area contributed by atoms with Gasteiger partial charge in [0, 0.05) is 12.6 Å². The number of ether oxygens (including phenoxy) is 1. The summed E-state index contributed by atoms with van der Waals surface area (Å²) in [6.45, 7) is 3.29. The molecule has 1 saturated heterocycles. The minimum Gasteiger partial charge on any atom is -0.375 e. The average Bonchev–Trinajstić information content (AvgIpc) is 2.94. The van der Waals surface area contributed by atoms with Crippen LogP contribution in [0.3, 0.4) is 0 Å². The molecule has 21 heavy (non-hydrogen) atoms. The fourth-order valence-electron chi connectivity index (χ4n) is 4.54. The molecule has 2 heteroatoms. The summed E-state index contributed by atoms with van der Waals surface area (Å²) in [4.78, 5) is 0. The quantitative estimate of drug-likeness (QED) is 0.600. The largest absolute Gasteiger partial charge is 0.375 e. The maximum absolute atomic E-state index is 6.19. The summed E-state index contributed by atoms with van der Waals surface area (Å²) in [6, 6.07) is 0.720.